The molecule has 0 aliphatic carbocycles. The molecule has 1 N–H and O–H groups in total. The van der Waals surface area contributed by atoms with E-state index in [2.05, 4.69) is 41.0 Å². The highest BCUT2D eigenvalue weighted by Crippen LogP contribution is 2.16. The molecule has 0 saturated carbocycles. The topological polar surface area (TPSA) is 50.7 Å². The van der Waals surface area contributed by atoms with E-state index in [1.807, 2.05) is 30.6 Å². The largest absolute Gasteiger partial charge is 0.370 e. The van der Waals surface area contributed by atoms with Gasteiger partial charge in [-0.3, -0.25) is 4.98 Å². The van der Waals surface area contributed by atoms with Crippen molar-refractivity contribution in [3.63, 3.8) is 0 Å². The minimum Gasteiger partial charge on any atom is -0.370 e. The summed E-state index contributed by atoms with van der Waals surface area (Å²) in [6.07, 6.45) is 5.53. The molecule has 2 rings (SSSR count). The SMILES string of the molecule is CCCNc1cc(Cc2ccncc2)nc(C(C)C)n1. The van der Waals surface area contributed by atoms with Crippen LogP contribution in [0.1, 0.15) is 50.2 Å². The van der Waals surface area contributed by atoms with Crippen LogP contribution in [-0.4, -0.2) is 21.5 Å². The van der Waals surface area contributed by atoms with E-state index in [0.717, 1.165) is 36.7 Å². The Bertz CT molecular complexity index is 537. The van der Waals surface area contributed by atoms with Crippen LogP contribution < -0.4 is 5.32 Å². The molecule has 0 unspecified atom stereocenters. The van der Waals surface area contributed by atoms with E-state index in [1.54, 1.807) is 0 Å². The normalized spacial score (nSPS) is 10.8. The van der Waals surface area contributed by atoms with Gasteiger partial charge in [-0.05, 0) is 24.1 Å². The molecule has 0 aliphatic rings. The molecule has 0 fully saturated rings. The molecule has 106 valence electrons. The van der Waals surface area contributed by atoms with Crippen LogP contribution in [0.2, 0.25) is 0 Å². The zero-order chi connectivity index (χ0) is 14.4. The summed E-state index contributed by atoms with van der Waals surface area (Å²) in [6.45, 7) is 7.32. The van der Waals surface area contributed by atoms with Gasteiger partial charge in [0.05, 0.1) is 5.69 Å². The number of pyridine rings is 1. The molecule has 0 aliphatic heterocycles. The van der Waals surface area contributed by atoms with Crippen LogP contribution in [0.25, 0.3) is 0 Å². The van der Waals surface area contributed by atoms with Gasteiger partial charge in [-0.2, -0.15) is 0 Å². The molecular formula is C16H22N4. The van der Waals surface area contributed by atoms with Gasteiger partial charge >= 0.3 is 0 Å². The van der Waals surface area contributed by atoms with Crippen LogP contribution >= 0.6 is 0 Å². The maximum absolute atomic E-state index is 4.66. The van der Waals surface area contributed by atoms with Gasteiger partial charge in [-0.25, -0.2) is 9.97 Å². The summed E-state index contributed by atoms with van der Waals surface area (Å²) in [5.74, 6) is 2.15. The van der Waals surface area contributed by atoms with E-state index in [4.69, 9.17) is 0 Å². The smallest absolute Gasteiger partial charge is 0.133 e. The van der Waals surface area contributed by atoms with Crippen molar-refractivity contribution in [3.8, 4) is 0 Å². The molecule has 2 aromatic heterocycles. The fourth-order valence-electron chi connectivity index (χ4n) is 1.92. The van der Waals surface area contributed by atoms with Crippen molar-refractivity contribution < 1.29 is 0 Å². The summed E-state index contributed by atoms with van der Waals surface area (Å²) < 4.78 is 0. The predicted molar refractivity (Wildman–Crippen MR) is 81.9 cm³/mol. The quantitative estimate of drug-likeness (QED) is 0.874. The number of aromatic nitrogens is 3. The monoisotopic (exact) mass is 270 g/mol. The van der Waals surface area contributed by atoms with Crippen LogP contribution in [0, 0.1) is 0 Å². The molecule has 0 atom stereocenters. The van der Waals surface area contributed by atoms with E-state index in [-0.39, 0.29) is 0 Å². The first-order chi connectivity index (χ1) is 9.69. The van der Waals surface area contributed by atoms with Gasteiger partial charge in [0.15, 0.2) is 0 Å². The molecule has 2 heterocycles. The minimum absolute atomic E-state index is 0.328. The second kappa shape index (κ2) is 6.98. The summed E-state index contributed by atoms with van der Waals surface area (Å²) in [5.41, 5.74) is 2.27. The Hall–Kier alpha value is -1.97. The summed E-state index contributed by atoms with van der Waals surface area (Å²) in [7, 11) is 0. The standard InChI is InChI=1S/C16H22N4/c1-4-7-18-15-11-14(19-16(20-15)12(2)3)10-13-5-8-17-9-6-13/h5-6,8-9,11-12H,4,7,10H2,1-3H3,(H,18,19,20). The molecule has 0 amide bonds. The first-order valence-electron chi connectivity index (χ1n) is 7.19. The van der Waals surface area contributed by atoms with E-state index in [0.29, 0.717) is 5.92 Å². The molecular weight excluding hydrogens is 248 g/mol. The van der Waals surface area contributed by atoms with Crippen molar-refractivity contribution in [1.82, 2.24) is 15.0 Å². The molecule has 4 heteroatoms. The van der Waals surface area contributed by atoms with Crippen LogP contribution in [0.4, 0.5) is 5.82 Å². The van der Waals surface area contributed by atoms with Crippen molar-refractivity contribution in [2.24, 2.45) is 0 Å². The van der Waals surface area contributed by atoms with Gasteiger partial charge in [0.2, 0.25) is 0 Å². The summed E-state index contributed by atoms with van der Waals surface area (Å²) in [4.78, 5) is 13.3. The van der Waals surface area contributed by atoms with Crippen LogP contribution in [0.3, 0.4) is 0 Å². The van der Waals surface area contributed by atoms with E-state index >= 15 is 0 Å². The Morgan fingerprint density at radius 3 is 2.55 bits per heavy atom. The first-order valence-corrected chi connectivity index (χ1v) is 7.19. The minimum atomic E-state index is 0.328. The number of hydrogen-bond donors (Lipinski definition) is 1. The predicted octanol–water partition coefficient (Wildman–Crippen LogP) is 3.41. The Morgan fingerprint density at radius 1 is 1.15 bits per heavy atom. The number of nitrogens with zero attached hydrogens (tertiary/aromatic N) is 3. The number of anilines is 1. The lowest BCUT2D eigenvalue weighted by atomic mass is 10.1. The maximum Gasteiger partial charge on any atom is 0.133 e. The Kier molecular flexibility index (Phi) is 5.04. The Morgan fingerprint density at radius 2 is 1.90 bits per heavy atom. The summed E-state index contributed by atoms with van der Waals surface area (Å²) >= 11 is 0. The number of hydrogen-bond acceptors (Lipinski definition) is 4. The van der Waals surface area contributed by atoms with Crippen LogP contribution in [-0.2, 0) is 6.42 Å². The average Bonchev–Trinajstić information content (AvgIpc) is 2.46. The summed E-state index contributed by atoms with van der Waals surface area (Å²) in [5, 5.41) is 3.35. The van der Waals surface area contributed by atoms with Crippen molar-refractivity contribution in [1.29, 1.82) is 0 Å². The fourth-order valence-corrected chi connectivity index (χ4v) is 1.92. The molecule has 0 saturated heterocycles. The zero-order valence-electron chi connectivity index (χ0n) is 12.4. The first kappa shape index (κ1) is 14.4. The second-order valence-electron chi connectivity index (χ2n) is 5.22. The molecule has 0 spiro atoms. The van der Waals surface area contributed by atoms with Gasteiger partial charge in [0.25, 0.3) is 0 Å². The van der Waals surface area contributed by atoms with Crippen LogP contribution in [0.5, 0.6) is 0 Å². The highest BCUT2D eigenvalue weighted by molar-refractivity contribution is 5.37. The van der Waals surface area contributed by atoms with Gasteiger partial charge < -0.3 is 5.32 Å². The lowest BCUT2D eigenvalue weighted by molar-refractivity contribution is 0.760. The maximum atomic E-state index is 4.66. The third-order valence-corrected chi connectivity index (χ3v) is 3.00. The number of rotatable bonds is 6. The zero-order valence-corrected chi connectivity index (χ0v) is 12.4. The number of nitrogens with one attached hydrogen (secondary N) is 1. The van der Waals surface area contributed by atoms with Crippen LogP contribution in [0.15, 0.2) is 30.6 Å². The third-order valence-electron chi connectivity index (χ3n) is 3.00. The fraction of sp³-hybridized carbons (Fsp3) is 0.438. The highest BCUT2D eigenvalue weighted by atomic mass is 15.0. The van der Waals surface area contributed by atoms with E-state index < -0.39 is 0 Å². The van der Waals surface area contributed by atoms with Crippen molar-refractivity contribution in [2.75, 3.05) is 11.9 Å². The Balaban J connectivity index is 2.24. The van der Waals surface area contributed by atoms with E-state index in [1.165, 1.54) is 5.56 Å². The van der Waals surface area contributed by atoms with Gasteiger partial charge in [0.1, 0.15) is 11.6 Å². The molecule has 0 aromatic carbocycles. The molecule has 20 heavy (non-hydrogen) atoms. The van der Waals surface area contributed by atoms with Gasteiger partial charge in [-0.1, -0.05) is 20.8 Å². The van der Waals surface area contributed by atoms with Gasteiger partial charge in [0, 0.05) is 37.3 Å². The molecule has 2 aromatic rings. The van der Waals surface area contributed by atoms with E-state index in [9.17, 15) is 0 Å². The molecule has 4 nitrogen and oxygen atoms in total. The highest BCUT2D eigenvalue weighted by Gasteiger charge is 2.08. The lowest BCUT2D eigenvalue weighted by Gasteiger charge is -2.11. The van der Waals surface area contributed by atoms with Crippen molar-refractivity contribution >= 4 is 5.82 Å². The summed E-state index contributed by atoms with van der Waals surface area (Å²) in [6, 6.07) is 6.09. The van der Waals surface area contributed by atoms with Crippen molar-refractivity contribution in [3.05, 3.63) is 47.7 Å². The Labute approximate surface area is 120 Å². The van der Waals surface area contributed by atoms with Crippen molar-refractivity contribution in [2.45, 2.75) is 39.5 Å². The molecule has 0 bridgehead atoms. The lowest BCUT2D eigenvalue weighted by Crippen LogP contribution is -2.08. The third kappa shape index (κ3) is 4.02. The van der Waals surface area contributed by atoms with Gasteiger partial charge in [-0.15, -0.1) is 0 Å². The second-order valence-corrected chi connectivity index (χ2v) is 5.22. The average molecular weight is 270 g/mol. The molecule has 0 radical (unpaired) electrons.